The molecule has 5 rings (SSSR count). The van der Waals surface area contributed by atoms with E-state index in [1.807, 2.05) is 0 Å². The maximum atomic E-state index is 11.5. The Morgan fingerprint density at radius 1 is 1.00 bits per heavy atom. The molecule has 5 aliphatic rings. The van der Waals surface area contributed by atoms with Crippen LogP contribution in [0.4, 0.5) is 0 Å². The number of esters is 1. The quantitative estimate of drug-likeness (QED) is 0.530. The third-order valence-electron chi connectivity index (χ3n) is 9.13. The van der Waals surface area contributed by atoms with Crippen LogP contribution < -0.4 is 0 Å². The molecule has 0 unspecified atom stereocenters. The zero-order chi connectivity index (χ0) is 16.7. The van der Waals surface area contributed by atoms with E-state index >= 15 is 0 Å². The highest BCUT2D eigenvalue weighted by atomic mass is 16.6. The highest BCUT2D eigenvalue weighted by Crippen LogP contribution is 2.68. The van der Waals surface area contributed by atoms with Gasteiger partial charge in [-0.1, -0.05) is 13.8 Å². The van der Waals surface area contributed by atoms with Crippen molar-refractivity contribution >= 4 is 5.97 Å². The molecule has 9 atom stereocenters. The average Bonchev–Trinajstić information content (AvgIpc) is 3.18. The number of epoxide rings is 1. The van der Waals surface area contributed by atoms with Crippen LogP contribution in [0.1, 0.15) is 72.1 Å². The Bertz CT molecular complexity index is 559. The Balaban J connectivity index is 1.41. The van der Waals surface area contributed by atoms with Gasteiger partial charge in [-0.3, -0.25) is 4.79 Å². The molecule has 134 valence electrons. The minimum atomic E-state index is -0.0936. The summed E-state index contributed by atoms with van der Waals surface area (Å²) in [5, 5.41) is 0. The fourth-order valence-electron chi connectivity index (χ4n) is 7.87. The Morgan fingerprint density at radius 2 is 1.79 bits per heavy atom. The van der Waals surface area contributed by atoms with E-state index in [-0.39, 0.29) is 17.5 Å². The maximum Gasteiger partial charge on any atom is 0.302 e. The number of carbonyl (C=O) groups excluding carboxylic acids is 1. The van der Waals surface area contributed by atoms with Gasteiger partial charge >= 0.3 is 5.97 Å². The van der Waals surface area contributed by atoms with Gasteiger partial charge in [0.05, 0.1) is 12.2 Å². The van der Waals surface area contributed by atoms with E-state index in [2.05, 4.69) is 13.8 Å². The number of carbonyl (C=O) groups is 1. The summed E-state index contributed by atoms with van der Waals surface area (Å²) >= 11 is 0. The van der Waals surface area contributed by atoms with Crippen LogP contribution in [0.3, 0.4) is 0 Å². The Kier molecular flexibility index (Phi) is 3.26. The summed E-state index contributed by atoms with van der Waals surface area (Å²) in [5.41, 5.74) is 0.727. The summed E-state index contributed by atoms with van der Waals surface area (Å²) in [6.07, 6.45) is 11.7. The van der Waals surface area contributed by atoms with Crippen molar-refractivity contribution in [1.82, 2.24) is 0 Å². The highest BCUT2D eigenvalue weighted by Gasteiger charge is 2.64. The maximum absolute atomic E-state index is 11.5. The van der Waals surface area contributed by atoms with Gasteiger partial charge in [0.15, 0.2) is 0 Å². The van der Waals surface area contributed by atoms with Crippen molar-refractivity contribution in [1.29, 1.82) is 0 Å². The summed E-state index contributed by atoms with van der Waals surface area (Å²) in [6, 6.07) is 0. The van der Waals surface area contributed by atoms with Gasteiger partial charge in [0, 0.05) is 12.3 Å². The number of ether oxygens (including phenoxy) is 2. The normalized spacial score (nSPS) is 58.0. The van der Waals surface area contributed by atoms with Crippen molar-refractivity contribution < 1.29 is 14.3 Å². The van der Waals surface area contributed by atoms with Gasteiger partial charge in [-0.05, 0) is 80.5 Å². The molecule has 4 saturated carbocycles. The standard InChI is InChI=1S/C21H32O3/c1-12(22)23-19-7-6-15-14-5-4-13-10-17-18(24-17)11-21(13,3)16(14)8-9-20(15,19)2/h13-19H,4-11H2,1-3H3/t13-,14-,15-,16-,17+,18-,19-,20-,21-/m0/s1. The van der Waals surface area contributed by atoms with Gasteiger partial charge < -0.3 is 9.47 Å². The molecule has 0 aromatic heterocycles. The van der Waals surface area contributed by atoms with E-state index in [1.165, 1.54) is 44.9 Å². The first kappa shape index (κ1) is 15.7. The molecule has 0 N–H and O–H groups in total. The summed E-state index contributed by atoms with van der Waals surface area (Å²) in [6.45, 7) is 6.58. The lowest BCUT2D eigenvalue weighted by atomic mass is 9.45. The van der Waals surface area contributed by atoms with Crippen LogP contribution >= 0.6 is 0 Å². The fourth-order valence-corrected chi connectivity index (χ4v) is 7.87. The smallest absolute Gasteiger partial charge is 0.302 e. The van der Waals surface area contributed by atoms with Crippen LogP contribution in [0.5, 0.6) is 0 Å². The van der Waals surface area contributed by atoms with Crippen LogP contribution in [-0.4, -0.2) is 24.3 Å². The molecule has 1 saturated heterocycles. The van der Waals surface area contributed by atoms with Crippen molar-refractivity contribution in [2.75, 3.05) is 0 Å². The van der Waals surface area contributed by atoms with Crippen molar-refractivity contribution in [3.8, 4) is 0 Å². The average molecular weight is 332 g/mol. The highest BCUT2D eigenvalue weighted by molar-refractivity contribution is 5.66. The molecule has 0 bridgehead atoms. The molecule has 5 fully saturated rings. The number of fused-ring (bicyclic) bond motifs is 6. The van der Waals surface area contributed by atoms with E-state index in [0.717, 1.165) is 30.1 Å². The molecular weight excluding hydrogens is 300 g/mol. The first-order valence-corrected chi connectivity index (χ1v) is 10.2. The second kappa shape index (κ2) is 4.99. The van der Waals surface area contributed by atoms with Gasteiger partial charge in [-0.15, -0.1) is 0 Å². The summed E-state index contributed by atoms with van der Waals surface area (Å²) in [7, 11) is 0. The van der Waals surface area contributed by atoms with Crippen molar-refractivity contribution in [3.63, 3.8) is 0 Å². The number of hydrogen-bond acceptors (Lipinski definition) is 3. The van der Waals surface area contributed by atoms with Gasteiger partial charge in [0.25, 0.3) is 0 Å². The molecule has 1 aliphatic heterocycles. The largest absolute Gasteiger partial charge is 0.462 e. The fraction of sp³-hybridized carbons (Fsp3) is 0.952. The Labute approximate surface area is 145 Å². The Hall–Kier alpha value is -0.570. The Morgan fingerprint density at radius 3 is 2.58 bits per heavy atom. The van der Waals surface area contributed by atoms with Crippen LogP contribution in [0, 0.1) is 34.5 Å². The van der Waals surface area contributed by atoms with Gasteiger partial charge in [0.2, 0.25) is 0 Å². The van der Waals surface area contributed by atoms with Crippen molar-refractivity contribution in [2.24, 2.45) is 34.5 Å². The third kappa shape index (κ3) is 2.03. The topological polar surface area (TPSA) is 38.8 Å². The lowest BCUT2D eigenvalue weighted by molar-refractivity contribution is -0.160. The van der Waals surface area contributed by atoms with Crippen molar-refractivity contribution in [2.45, 2.75) is 90.4 Å². The molecule has 4 aliphatic carbocycles. The molecule has 0 spiro atoms. The summed E-state index contributed by atoms with van der Waals surface area (Å²) < 4.78 is 11.7. The minimum absolute atomic E-state index is 0.0936. The minimum Gasteiger partial charge on any atom is -0.462 e. The zero-order valence-electron chi connectivity index (χ0n) is 15.4. The molecule has 1 heterocycles. The lowest BCUT2D eigenvalue weighted by Gasteiger charge is -2.59. The summed E-state index contributed by atoms with van der Waals surface area (Å²) in [5.74, 6) is 3.27. The molecule has 0 amide bonds. The van der Waals surface area contributed by atoms with E-state index in [1.54, 1.807) is 6.92 Å². The number of hydrogen-bond donors (Lipinski definition) is 0. The SMILES string of the molecule is CC(=O)O[C@H]1CC[C@H]2[C@@H]3CC[C@H]4C[C@H]5O[C@H]5C[C@]4(C)[C@H]3CC[C@]12C. The first-order chi connectivity index (χ1) is 11.4. The van der Waals surface area contributed by atoms with E-state index in [0.29, 0.717) is 17.6 Å². The van der Waals surface area contributed by atoms with E-state index < -0.39 is 0 Å². The first-order valence-electron chi connectivity index (χ1n) is 10.2. The predicted octanol–water partition coefficient (Wildman–Crippen LogP) is 4.34. The molecule has 0 radical (unpaired) electrons. The molecule has 0 aromatic carbocycles. The monoisotopic (exact) mass is 332 g/mol. The van der Waals surface area contributed by atoms with Crippen molar-refractivity contribution in [3.05, 3.63) is 0 Å². The number of rotatable bonds is 1. The second-order valence-corrected chi connectivity index (χ2v) is 10.0. The molecule has 24 heavy (non-hydrogen) atoms. The molecular formula is C21H32O3. The lowest BCUT2D eigenvalue weighted by Crippen LogP contribution is -2.54. The zero-order valence-corrected chi connectivity index (χ0v) is 15.4. The third-order valence-corrected chi connectivity index (χ3v) is 9.13. The second-order valence-electron chi connectivity index (χ2n) is 10.0. The molecule has 0 aromatic rings. The van der Waals surface area contributed by atoms with Crippen LogP contribution in [0.2, 0.25) is 0 Å². The van der Waals surface area contributed by atoms with Gasteiger partial charge in [-0.25, -0.2) is 0 Å². The van der Waals surface area contributed by atoms with E-state index in [9.17, 15) is 4.79 Å². The molecule has 3 heteroatoms. The predicted molar refractivity (Wildman–Crippen MR) is 91.3 cm³/mol. The van der Waals surface area contributed by atoms with Gasteiger partial charge in [0.1, 0.15) is 6.10 Å². The van der Waals surface area contributed by atoms with Crippen LogP contribution in [0.15, 0.2) is 0 Å². The van der Waals surface area contributed by atoms with Crippen LogP contribution in [-0.2, 0) is 14.3 Å². The van der Waals surface area contributed by atoms with Gasteiger partial charge in [-0.2, -0.15) is 0 Å². The summed E-state index contributed by atoms with van der Waals surface area (Å²) in [4.78, 5) is 11.5. The van der Waals surface area contributed by atoms with Crippen LogP contribution in [0.25, 0.3) is 0 Å². The molecule has 3 nitrogen and oxygen atoms in total. The van der Waals surface area contributed by atoms with E-state index in [4.69, 9.17) is 9.47 Å².